The van der Waals surface area contributed by atoms with Crippen LogP contribution in [0.25, 0.3) is 6.08 Å². The molecule has 1 amide bonds. The zero-order chi connectivity index (χ0) is 17.9. The topological polar surface area (TPSA) is 57.6 Å². The molecule has 1 N–H and O–H groups in total. The van der Waals surface area contributed by atoms with Crippen molar-refractivity contribution in [3.63, 3.8) is 0 Å². The molecule has 0 bridgehead atoms. The molecule has 7 heteroatoms. The fourth-order valence-corrected chi connectivity index (χ4v) is 4.41. The van der Waals surface area contributed by atoms with Gasteiger partial charge in [-0.15, -0.1) is 11.8 Å². The summed E-state index contributed by atoms with van der Waals surface area (Å²) in [4.78, 5) is 26.2. The zero-order valence-corrected chi connectivity index (χ0v) is 16.2. The second kappa shape index (κ2) is 7.72. The van der Waals surface area contributed by atoms with Crippen LogP contribution >= 0.6 is 35.7 Å². The van der Waals surface area contributed by atoms with Gasteiger partial charge < -0.3 is 5.11 Å². The van der Waals surface area contributed by atoms with Crippen LogP contribution in [0.1, 0.15) is 32.8 Å². The van der Waals surface area contributed by atoms with Crippen molar-refractivity contribution in [2.24, 2.45) is 0 Å². The number of carbonyl (C=O) groups excluding carboxylic acids is 1. The lowest BCUT2D eigenvalue weighted by molar-refractivity contribution is -0.137. The molecule has 0 spiro atoms. The Morgan fingerprint density at radius 1 is 1.38 bits per heavy atom. The number of carboxylic acid groups (broad SMARTS) is 1. The summed E-state index contributed by atoms with van der Waals surface area (Å²) in [7, 11) is 0. The Balaban J connectivity index is 2.25. The van der Waals surface area contributed by atoms with E-state index in [4.69, 9.17) is 17.3 Å². The standard InChI is InChI=1S/C17H19NO3S3/c1-17(2,3)24-12-7-5-4-6-11(12)10-13-15(21)18(16(22)23-13)9-8-14(19)20/h4-7,10H,8-9H2,1-3H3,(H,19,20). The number of hydrogen-bond donors (Lipinski definition) is 1. The number of amides is 1. The summed E-state index contributed by atoms with van der Waals surface area (Å²) < 4.78 is 0.470. The summed E-state index contributed by atoms with van der Waals surface area (Å²) in [6.45, 7) is 6.52. The molecule has 1 aliphatic rings. The van der Waals surface area contributed by atoms with Gasteiger partial charge in [0.1, 0.15) is 4.32 Å². The van der Waals surface area contributed by atoms with Crippen molar-refractivity contribution in [3.8, 4) is 0 Å². The monoisotopic (exact) mass is 381 g/mol. The Kier molecular flexibility index (Phi) is 6.11. The van der Waals surface area contributed by atoms with Crippen molar-refractivity contribution in [1.82, 2.24) is 4.90 Å². The van der Waals surface area contributed by atoms with Gasteiger partial charge in [-0.1, -0.05) is 63.0 Å². The molecule has 2 rings (SSSR count). The van der Waals surface area contributed by atoms with Crippen LogP contribution in [-0.4, -0.2) is 37.5 Å². The first-order valence-corrected chi connectivity index (χ1v) is 9.47. The summed E-state index contributed by atoms with van der Waals surface area (Å²) in [6.07, 6.45) is 1.73. The Morgan fingerprint density at radius 3 is 2.67 bits per heavy atom. The number of thioether (sulfide) groups is 2. The summed E-state index contributed by atoms with van der Waals surface area (Å²) in [5, 5.41) is 8.79. The number of carbonyl (C=O) groups is 2. The van der Waals surface area contributed by atoms with Crippen LogP contribution in [0.5, 0.6) is 0 Å². The smallest absolute Gasteiger partial charge is 0.305 e. The number of benzene rings is 1. The zero-order valence-electron chi connectivity index (χ0n) is 13.7. The van der Waals surface area contributed by atoms with Gasteiger partial charge in [0.25, 0.3) is 5.91 Å². The molecule has 0 radical (unpaired) electrons. The Hall–Kier alpha value is -1.31. The van der Waals surface area contributed by atoms with Gasteiger partial charge in [0.15, 0.2) is 0 Å². The summed E-state index contributed by atoms with van der Waals surface area (Å²) in [5.74, 6) is -1.17. The molecule has 1 aromatic carbocycles. The van der Waals surface area contributed by atoms with Gasteiger partial charge in [0.05, 0.1) is 11.3 Å². The minimum absolute atomic E-state index is 0.0598. The van der Waals surface area contributed by atoms with Crippen LogP contribution in [0.15, 0.2) is 34.1 Å². The van der Waals surface area contributed by atoms with Crippen molar-refractivity contribution in [2.45, 2.75) is 36.8 Å². The first-order chi connectivity index (χ1) is 11.2. The highest BCUT2D eigenvalue weighted by Gasteiger charge is 2.32. The van der Waals surface area contributed by atoms with E-state index >= 15 is 0 Å². The fraction of sp³-hybridized carbons (Fsp3) is 0.353. The molecule has 1 heterocycles. The second-order valence-corrected chi connectivity index (χ2v) is 9.77. The van der Waals surface area contributed by atoms with Crippen LogP contribution in [0.3, 0.4) is 0 Å². The minimum Gasteiger partial charge on any atom is -0.481 e. The molecule has 1 fully saturated rings. The maximum absolute atomic E-state index is 12.5. The Bertz CT molecular complexity index is 707. The number of thiocarbonyl (C=S) groups is 1. The van der Waals surface area contributed by atoms with Crippen molar-refractivity contribution < 1.29 is 14.7 Å². The lowest BCUT2D eigenvalue weighted by atomic mass is 10.2. The second-order valence-electron chi connectivity index (χ2n) is 6.23. The maximum Gasteiger partial charge on any atom is 0.305 e. The van der Waals surface area contributed by atoms with Crippen molar-refractivity contribution in [1.29, 1.82) is 0 Å². The lowest BCUT2D eigenvalue weighted by Crippen LogP contribution is -2.30. The third-order valence-electron chi connectivity index (χ3n) is 3.04. The molecule has 0 unspecified atom stereocenters. The molecule has 1 aliphatic heterocycles. The third kappa shape index (κ3) is 5.09. The van der Waals surface area contributed by atoms with E-state index < -0.39 is 5.97 Å². The normalized spacial score (nSPS) is 17.0. The molecule has 24 heavy (non-hydrogen) atoms. The van der Waals surface area contributed by atoms with Gasteiger partial charge in [-0.3, -0.25) is 14.5 Å². The van der Waals surface area contributed by atoms with Crippen molar-refractivity contribution in [3.05, 3.63) is 34.7 Å². The van der Waals surface area contributed by atoms with Gasteiger partial charge in [-0.2, -0.15) is 0 Å². The number of hydrogen-bond acceptors (Lipinski definition) is 5. The van der Waals surface area contributed by atoms with E-state index in [0.29, 0.717) is 9.23 Å². The molecule has 0 aromatic heterocycles. The highest BCUT2D eigenvalue weighted by atomic mass is 32.2. The van der Waals surface area contributed by atoms with E-state index in [0.717, 1.165) is 10.5 Å². The lowest BCUT2D eigenvalue weighted by Gasteiger charge is -2.19. The molecule has 0 aliphatic carbocycles. The van der Waals surface area contributed by atoms with Crippen LogP contribution in [0.4, 0.5) is 0 Å². The van der Waals surface area contributed by atoms with E-state index in [1.54, 1.807) is 11.8 Å². The highest BCUT2D eigenvalue weighted by molar-refractivity contribution is 8.26. The largest absolute Gasteiger partial charge is 0.481 e. The molecule has 1 saturated heterocycles. The maximum atomic E-state index is 12.5. The molecule has 0 atom stereocenters. The van der Waals surface area contributed by atoms with Crippen LogP contribution in [0.2, 0.25) is 0 Å². The van der Waals surface area contributed by atoms with Crippen LogP contribution < -0.4 is 0 Å². The Morgan fingerprint density at radius 2 is 2.04 bits per heavy atom. The van der Waals surface area contributed by atoms with Crippen LogP contribution in [0, 0.1) is 0 Å². The van der Waals surface area contributed by atoms with Gasteiger partial charge in [0, 0.05) is 16.2 Å². The highest BCUT2D eigenvalue weighted by Crippen LogP contribution is 2.37. The van der Waals surface area contributed by atoms with Gasteiger partial charge in [-0.25, -0.2) is 0 Å². The minimum atomic E-state index is -0.944. The van der Waals surface area contributed by atoms with E-state index in [-0.39, 0.29) is 23.6 Å². The Labute approximate surface area is 155 Å². The summed E-state index contributed by atoms with van der Waals surface area (Å²) >= 11 is 8.17. The quantitative estimate of drug-likeness (QED) is 0.467. The van der Waals surface area contributed by atoms with Crippen LogP contribution in [-0.2, 0) is 9.59 Å². The van der Waals surface area contributed by atoms with Crippen molar-refractivity contribution >= 4 is 58.0 Å². The van der Waals surface area contributed by atoms with E-state index in [1.807, 2.05) is 30.3 Å². The number of rotatable bonds is 5. The van der Waals surface area contributed by atoms with E-state index in [9.17, 15) is 9.59 Å². The third-order valence-corrected chi connectivity index (χ3v) is 5.63. The van der Waals surface area contributed by atoms with Gasteiger partial charge >= 0.3 is 5.97 Å². The molecular weight excluding hydrogens is 362 g/mol. The number of aliphatic carboxylic acids is 1. The SMILES string of the molecule is CC(C)(C)Sc1ccccc1C=C1SC(=S)N(CCC(=O)O)C1=O. The van der Waals surface area contributed by atoms with Gasteiger partial charge in [-0.05, 0) is 17.7 Å². The predicted octanol–water partition coefficient (Wildman–Crippen LogP) is 4.25. The first-order valence-electron chi connectivity index (χ1n) is 7.42. The number of nitrogens with zero attached hydrogens (tertiary/aromatic N) is 1. The van der Waals surface area contributed by atoms with E-state index in [1.165, 1.54) is 16.7 Å². The average Bonchev–Trinajstić information content (AvgIpc) is 2.72. The van der Waals surface area contributed by atoms with Crippen molar-refractivity contribution in [2.75, 3.05) is 6.54 Å². The van der Waals surface area contributed by atoms with E-state index in [2.05, 4.69) is 20.8 Å². The summed E-state index contributed by atoms with van der Waals surface area (Å²) in [5.41, 5.74) is 0.969. The molecule has 0 saturated carbocycles. The molecular formula is C17H19NO3S3. The molecule has 1 aromatic rings. The number of carboxylic acids is 1. The average molecular weight is 382 g/mol. The van der Waals surface area contributed by atoms with Gasteiger partial charge in [0.2, 0.25) is 0 Å². The molecule has 128 valence electrons. The predicted molar refractivity (Wildman–Crippen MR) is 104 cm³/mol. The first kappa shape index (κ1) is 19.0. The molecule has 4 nitrogen and oxygen atoms in total. The fourth-order valence-electron chi connectivity index (χ4n) is 2.06. The summed E-state index contributed by atoms with van der Waals surface area (Å²) in [6, 6.07) is 7.91.